The first kappa shape index (κ1) is 9.32. The Bertz CT molecular complexity index is 413. The molecular weight excluding hydrogens is 185 g/mol. The quantitative estimate of drug-likeness (QED) is 0.666. The van der Waals surface area contributed by atoms with Gasteiger partial charge in [0.05, 0.1) is 0 Å². The van der Waals surface area contributed by atoms with E-state index in [1.807, 2.05) is 0 Å². The van der Waals surface area contributed by atoms with Gasteiger partial charge in [0.1, 0.15) is 17.2 Å². The number of nitrogens with one attached hydrogen (secondary N) is 1. The highest BCUT2D eigenvalue weighted by Gasteiger charge is 2.34. The van der Waals surface area contributed by atoms with E-state index in [-0.39, 0.29) is 0 Å². The molecule has 0 fully saturated rings. The Labute approximate surface area is 70.4 Å². The van der Waals surface area contributed by atoms with Crippen molar-refractivity contribution in [2.75, 3.05) is 0 Å². The summed E-state index contributed by atoms with van der Waals surface area (Å²) < 4.78 is 36.1. The van der Waals surface area contributed by atoms with Crippen LogP contribution in [0.3, 0.4) is 0 Å². The van der Waals surface area contributed by atoms with E-state index in [0.717, 1.165) is 6.20 Å². The first-order valence-electron chi connectivity index (χ1n) is 3.15. The Kier molecular flexibility index (Phi) is 2.10. The predicted molar refractivity (Wildman–Crippen MR) is 36.8 cm³/mol. The van der Waals surface area contributed by atoms with Crippen LogP contribution in [0.5, 0.6) is 0 Å². The minimum absolute atomic E-state index is 0.531. The zero-order valence-corrected chi connectivity index (χ0v) is 6.14. The van der Waals surface area contributed by atoms with Gasteiger partial charge >= 0.3 is 6.18 Å². The molecule has 1 aromatic heterocycles. The molecule has 0 bridgehead atoms. The van der Waals surface area contributed by atoms with Crippen LogP contribution in [-0.2, 0) is 6.18 Å². The molecule has 0 aliphatic heterocycles. The number of rotatable bonds is 0. The Hall–Kier alpha value is -1.77. The summed E-state index contributed by atoms with van der Waals surface area (Å²) in [6.45, 7) is 0. The van der Waals surface area contributed by atoms with Crippen molar-refractivity contribution >= 4 is 0 Å². The maximum atomic E-state index is 12.0. The van der Waals surface area contributed by atoms with Crippen LogP contribution in [0.2, 0.25) is 0 Å². The number of halogens is 3. The monoisotopic (exact) mass is 188 g/mol. The third kappa shape index (κ3) is 1.69. The number of nitriles is 1. The van der Waals surface area contributed by atoms with E-state index in [1.165, 1.54) is 6.07 Å². The second-order valence-corrected chi connectivity index (χ2v) is 2.22. The number of hydrogen-bond acceptors (Lipinski definition) is 2. The molecule has 0 unspecified atom stereocenters. The van der Waals surface area contributed by atoms with E-state index >= 15 is 0 Å². The van der Waals surface area contributed by atoms with Crippen molar-refractivity contribution in [1.29, 1.82) is 5.26 Å². The van der Waals surface area contributed by atoms with Crippen LogP contribution in [0.25, 0.3) is 0 Å². The van der Waals surface area contributed by atoms with Crippen molar-refractivity contribution in [3.05, 3.63) is 33.7 Å². The third-order valence-electron chi connectivity index (χ3n) is 1.37. The number of aromatic amines is 1. The Balaban J connectivity index is 3.44. The molecule has 0 spiro atoms. The van der Waals surface area contributed by atoms with Gasteiger partial charge in [-0.3, -0.25) is 4.79 Å². The fourth-order valence-corrected chi connectivity index (χ4v) is 0.778. The van der Waals surface area contributed by atoms with Crippen molar-refractivity contribution < 1.29 is 13.2 Å². The minimum atomic E-state index is -4.72. The first-order chi connectivity index (χ1) is 5.96. The van der Waals surface area contributed by atoms with Crippen LogP contribution in [0.1, 0.15) is 11.1 Å². The summed E-state index contributed by atoms with van der Waals surface area (Å²) in [6.07, 6.45) is -3.26. The van der Waals surface area contributed by atoms with Crippen LogP contribution in [0, 0.1) is 11.3 Å². The van der Waals surface area contributed by atoms with Crippen molar-refractivity contribution in [2.45, 2.75) is 6.18 Å². The first-order valence-corrected chi connectivity index (χ1v) is 3.15. The van der Waals surface area contributed by atoms with Gasteiger partial charge in [-0.2, -0.15) is 18.4 Å². The fourth-order valence-electron chi connectivity index (χ4n) is 0.778. The van der Waals surface area contributed by atoms with E-state index in [2.05, 4.69) is 4.98 Å². The normalized spacial score (nSPS) is 10.9. The molecule has 0 atom stereocenters. The SMILES string of the molecule is N#Cc1c[nH]cc(C(F)(F)F)c1=O. The highest BCUT2D eigenvalue weighted by Crippen LogP contribution is 2.25. The van der Waals surface area contributed by atoms with E-state index < -0.39 is 22.7 Å². The molecule has 0 saturated carbocycles. The van der Waals surface area contributed by atoms with Gasteiger partial charge in [0.15, 0.2) is 0 Å². The molecule has 68 valence electrons. The summed E-state index contributed by atoms with van der Waals surface area (Å²) in [5, 5.41) is 8.27. The number of hydrogen-bond donors (Lipinski definition) is 1. The van der Waals surface area contributed by atoms with Crippen LogP contribution in [0.15, 0.2) is 17.2 Å². The van der Waals surface area contributed by atoms with Gasteiger partial charge in [-0.05, 0) is 0 Å². The average Bonchev–Trinajstić information content (AvgIpc) is 2.02. The molecule has 0 aliphatic rings. The molecule has 1 N–H and O–H groups in total. The van der Waals surface area contributed by atoms with Gasteiger partial charge in [0.2, 0.25) is 5.43 Å². The largest absolute Gasteiger partial charge is 0.421 e. The Morgan fingerprint density at radius 3 is 2.46 bits per heavy atom. The standard InChI is InChI=1S/C7H3F3N2O/c8-7(9,10)5-3-12-2-4(1-11)6(5)13/h2-3H,(H,12,13). The van der Waals surface area contributed by atoms with Crippen LogP contribution >= 0.6 is 0 Å². The molecule has 0 amide bonds. The summed E-state index contributed by atoms with van der Waals surface area (Å²) >= 11 is 0. The third-order valence-corrected chi connectivity index (χ3v) is 1.37. The summed E-state index contributed by atoms with van der Waals surface area (Å²) in [7, 11) is 0. The number of aromatic nitrogens is 1. The van der Waals surface area contributed by atoms with E-state index in [1.54, 1.807) is 0 Å². The van der Waals surface area contributed by atoms with Crippen LogP contribution in [0.4, 0.5) is 13.2 Å². The lowest BCUT2D eigenvalue weighted by Gasteiger charge is -2.04. The molecule has 0 radical (unpaired) electrons. The summed E-state index contributed by atoms with van der Waals surface area (Å²) in [4.78, 5) is 13.0. The van der Waals surface area contributed by atoms with Crippen LogP contribution < -0.4 is 5.43 Å². The average molecular weight is 188 g/mol. The molecule has 3 nitrogen and oxygen atoms in total. The maximum Gasteiger partial charge on any atom is 0.421 e. The lowest BCUT2D eigenvalue weighted by Crippen LogP contribution is -2.21. The molecule has 6 heteroatoms. The maximum absolute atomic E-state index is 12.0. The van der Waals surface area contributed by atoms with Crippen molar-refractivity contribution in [3.8, 4) is 6.07 Å². The zero-order valence-electron chi connectivity index (χ0n) is 6.14. The van der Waals surface area contributed by atoms with Crippen molar-refractivity contribution in [2.24, 2.45) is 0 Å². The van der Waals surface area contributed by atoms with E-state index in [4.69, 9.17) is 5.26 Å². The molecular formula is C7H3F3N2O. The second-order valence-electron chi connectivity index (χ2n) is 2.22. The smallest absolute Gasteiger partial charge is 0.366 e. The topological polar surface area (TPSA) is 56.6 Å². The zero-order chi connectivity index (χ0) is 10.1. The molecule has 1 heterocycles. The van der Waals surface area contributed by atoms with Gasteiger partial charge in [0, 0.05) is 12.4 Å². The minimum Gasteiger partial charge on any atom is -0.366 e. The number of H-pyrrole nitrogens is 1. The molecule has 0 saturated heterocycles. The van der Waals surface area contributed by atoms with Crippen LogP contribution in [-0.4, -0.2) is 4.98 Å². The van der Waals surface area contributed by atoms with Crippen molar-refractivity contribution in [3.63, 3.8) is 0 Å². The van der Waals surface area contributed by atoms with Gasteiger partial charge in [-0.25, -0.2) is 0 Å². The molecule has 1 rings (SSSR count). The molecule has 0 aliphatic carbocycles. The van der Waals surface area contributed by atoms with E-state index in [9.17, 15) is 18.0 Å². The highest BCUT2D eigenvalue weighted by atomic mass is 19.4. The number of nitrogens with zero attached hydrogens (tertiary/aromatic N) is 1. The van der Waals surface area contributed by atoms with Crippen molar-refractivity contribution in [1.82, 2.24) is 4.98 Å². The predicted octanol–water partition coefficient (Wildman–Crippen LogP) is 1.27. The number of alkyl halides is 3. The Morgan fingerprint density at radius 2 is 2.00 bits per heavy atom. The second kappa shape index (κ2) is 2.94. The lowest BCUT2D eigenvalue weighted by molar-refractivity contribution is -0.138. The molecule has 13 heavy (non-hydrogen) atoms. The summed E-state index contributed by atoms with van der Waals surface area (Å²) in [5.74, 6) is 0. The summed E-state index contributed by atoms with van der Waals surface area (Å²) in [6, 6.07) is 1.36. The van der Waals surface area contributed by atoms with Gasteiger partial charge in [-0.15, -0.1) is 0 Å². The van der Waals surface area contributed by atoms with Gasteiger partial charge in [-0.1, -0.05) is 0 Å². The Morgan fingerprint density at radius 1 is 1.38 bits per heavy atom. The van der Waals surface area contributed by atoms with Gasteiger partial charge in [0.25, 0.3) is 0 Å². The highest BCUT2D eigenvalue weighted by molar-refractivity contribution is 5.30. The van der Waals surface area contributed by atoms with Gasteiger partial charge < -0.3 is 4.98 Å². The lowest BCUT2D eigenvalue weighted by atomic mass is 10.2. The van der Waals surface area contributed by atoms with E-state index in [0.29, 0.717) is 6.20 Å². The summed E-state index contributed by atoms with van der Waals surface area (Å²) in [5.41, 5.74) is -3.20. The fraction of sp³-hybridized carbons (Fsp3) is 0.143. The molecule has 0 aromatic carbocycles. The number of pyridine rings is 1. The molecule has 1 aromatic rings.